The maximum Gasteiger partial charge on any atom is 0.236 e. The Morgan fingerprint density at radius 2 is 2.15 bits per heavy atom. The summed E-state index contributed by atoms with van der Waals surface area (Å²) in [4.78, 5) is 15.8. The van der Waals surface area contributed by atoms with Gasteiger partial charge in [-0.05, 0) is 30.9 Å². The highest BCUT2D eigenvalue weighted by atomic mass is 16.2. The summed E-state index contributed by atoms with van der Waals surface area (Å²) in [5.74, 6) is 0.596. The van der Waals surface area contributed by atoms with E-state index in [4.69, 9.17) is 5.73 Å². The van der Waals surface area contributed by atoms with Gasteiger partial charge in [-0.2, -0.15) is 0 Å². The first-order chi connectivity index (χ1) is 9.69. The Labute approximate surface area is 121 Å². The van der Waals surface area contributed by atoms with E-state index < -0.39 is 0 Å². The van der Waals surface area contributed by atoms with Crippen LogP contribution in [0.4, 0.5) is 0 Å². The van der Waals surface area contributed by atoms with Crippen molar-refractivity contribution in [3.8, 4) is 0 Å². The van der Waals surface area contributed by atoms with Gasteiger partial charge in [0.1, 0.15) is 0 Å². The lowest BCUT2D eigenvalue weighted by molar-refractivity contribution is -0.129. The molecule has 1 atom stereocenters. The van der Waals surface area contributed by atoms with Crippen molar-refractivity contribution >= 4 is 5.91 Å². The largest absolute Gasteiger partial charge is 0.344 e. The van der Waals surface area contributed by atoms with Crippen LogP contribution < -0.4 is 5.73 Å². The second-order valence-electron chi connectivity index (χ2n) is 5.71. The molecule has 0 aliphatic carbocycles. The molecule has 0 unspecified atom stereocenters. The average molecular weight is 275 g/mol. The summed E-state index contributed by atoms with van der Waals surface area (Å²) in [6, 6.07) is 10.6. The minimum Gasteiger partial charge on any atom is -0.344 e. The first-order valence-electron chi connectivity index (χ1n) is 7.39. The number of nitrogens with two attached hydrogens (primary N) is 1. The van der Waals surface area contributed by atoms with Gasteiger partial charge in [0.15, 0.2) is 0 Å². The van der Waals surface area contributed by atoms with Gasteiger partial charge in [-0.15, -0.1) is 0 Å². The molecule has 0 saturated carbocycles. The molecule has 4 nitrogen and oxygen atoms in total. The molecule has 0 aromatic heterocycles. The summed E-state index contributed by atoms with van der Waals surface area (Å²) in [7, 11) is 1.85. The van der Waals surface area contributed by atoms with Crippen molar-refractivity contribution in [2.75, 3.05) is 33.2 Å². The van der Waals surface area contributed by atoms with E-state index in [1.54, 1.807) is 4.90 Å². The fraction of sp³-hybridized carbons (Fsp3) is 0.562. The fourth-order valence-electron chi connectivity index (χ4n) is 2.93. The van der Waals surface area contributed by atoms with Crippen LogP contribution in [0, 0.1) is 5.92 Å². The highest BCUT2D eigenvalue weighted by molar-refractivity contribution is 5.77. The van der Waals surface area contributed by atoms with Gasteiger partial charge in [0.2, 0.25) is 5.91 Å². The van der Waals surface area contributed by atoms with Crippen LogP contribution in [0.25, 0.3) is 0 Å². The fourth-order valence-corrected chi connectivity index (χ4v) is 2.93. The van der Waals surface area contributed by atoms with Crippen molar-refractivity contribution in [3.05, 3.63) is 35.9 Å². The number of benzene rings is 1. The molecular formula is C16H25N3O. The van der Waals surface area contributed by atoms with Crippen molar-refractivity contribution in [2.45, 2.75) is 19.4 Å². The molecule has 4 heteroatoms. The zero-order valence-corrected chi connectivity index (χ0v) is 12.3. The number of likely N-dealkylation sites (tertiary alicyclic amines) is 1. The maximum absolute atomic E-state index is 11.5. The number of rotatable bonds is 5. The van der Waals surface area contributed by atoms with Gasteiger partial charge >= 0.3 is 0 Å². The molecule has 1 heterocycles. The monoisotopic (exact) mass is 275 g/mol. The molecule has 0 bridgehead atoms. The Hall–Kier alpha value is -1.39. The van der Waals surface area contributed by atoms with Crippen LogP contribution in [0.2, 0.25) is 0 Å². The smallest absolute Gasteiger partial charge is 0.236 e. The summed E-state index contributed by atoms with van der Waals surface area (Å²) in [6.45, 7) is 4.15. The minimum absolute atomic E-state index is 0.0326. The van der Waals surface area contributed by atoms with E-state index in [1.165, 1.54) is 18.4 Å². The van der Waals surface area contributed by atoms with Crippen LogP contribution in [0.1, 0.15) is 18.4 Å². The molecule has 110 valence electrons. The third kappa shape index (κ3) is 4.32. The van der Waals surface area contributed by atoms with Crippen LogP contribution in [0.3, 0.4) is 0 Å². The Kier molecular flexibility index (Phi) is 5.56. The van der Waals surface area contributed by atoms with Crippen molar-refractivity contribution in [3.63, 3.8) is 0 Å². The lowest BCUT2D eigenvalue weighted by atomic mass is 9.97. The van der Waals surface area contributed by atoms with Gasteiger partial charge in [0.05, 0.1) is 6.54 Å². The second-order valence-corrected chi connectivity index (χ2v) is 5.71. The number of amides is 1. The number of hydrogen-bond acceptors (Lipinski definition) is 3. The zero-order chi connectivity index (χ0) is 14.4. The summed E-state index contributed by atoms with van der Waals surface area (Å²) in [5.41, 5.74) is 6.77. The maximum atomic E-state index is 11.5. The molecule has 1 saturated heterocycles. The molecule has 1 amide bonds. The van der Waals surface area contributed by atoms with E-state index in [0.717, 1.165) is 26.2 Å². The normalized spacial score (nSPS) is 19.8. The second kappa shape index (κ2) is 7.41. The van der Waals surface area contributed by atoms with E-state index >= 15 is 0 Å². The van der Waals surface area contributed by atoms with Crippen LogP contribution >= 0.6 is 0 Å². The number of likely N-dealkylation sites (N-methyl/N-ethyl adjacent to an activating group) is 1. The van der Waals surface area contributed by atoms with Crippen LogP contribution in [0.15, 0.2) is 30.3 Å². The molecular weight excluding hydrogens is 250 g/mol. The Morgan fingerprint density at radius 1 is 1.40 bits per heavy atom. The first-order valence-corrected chi connectivity index (χ1v) is 7.39. The molecule has 2 rings (SSSR count). The van der Waals surface area contributed by atoms with Gasteiger partial charge in [-0.1, -0.05) is 30.3 Å². The molecule has 20 heavy (non-hydrogen) atoms. The van der Waals surface area contributed by atoms with E-state index in [2.05, 4.69) is 35.2 Å². The topological polar surface area (TPSA) is 49.6 Å². The molecule has 2 N–H and O–H groups in total. The van der Waals surface area contributed by atoms with Crippen molar-refractivity contribution < 1.29 is 4.79 Å². The van der Waals surface area contributed by atoms with Crippen molar-refractivity contribution in [2.24, 2.45) is 11.7 Å². The average Bonchev–Trinajstić information content (AvgIpc) is 2.47. The van der Waals surface area contributed by atoms with Crippen LogP contribution in [-0.4, -0.2) is 48.9 Å². The van der Waals surface area contributed by atoms with E-state index in [9.17, 15) is 4.79 Å². The molecule has 1 aliphatic rings. The van der Waals surface area contributed by atoms with E-state index in [1.807, 2.05) is 7.05 Å². The minimum atomic E-state index is 0.0326. The third-order valence-electron chi connectivity index (χ3n) is 3.98. The molecule has 1 aromatic carbocycles. The first kappa shape index (κ1) is 15.0. The van der Waals surface area contributed by atoms with Crippen LogP contribution in [0.5, 0.6) is 0 Å². The van der Waals surface area contributed by atoms with Gasteiger partial charge in [-0.25, -0.2) is 0 Å². The molecule has 1 aliphatic heterocycles. The van der Waals surface area contributed by atoms with Crippen LogP contribution in [-0.2, 0) is 11.3 Å². The Bertz CT molecular complexity index is 421. The van der Waals surface area contributed by atoms with E-state index in [-0.39, 0.29) is 12.5 Å². The highest BCUT2D eigenvalue weighted by Crippen LogP contribution is 2.19. The van der Waals surface area contributed by atoms with Gasteiger partial charge in [-0.3, -0.25) is 9.69 Å². The Morgan fingerprint density at radius 3 is 2.85 bits per heavy atom. The highest BCUT2D eigenvalue weighted by Gasteiger charge is 2.22. The summed E-state index contributed by atoms with van der Waals surface area (Å²) in [5, 5.41) is 0. The SMILES string of the molecule is CN(C[C@@H]1CCCN(Cc2ccccc2)C1)C(=O)CN. The molecule has 1 aromatic rings. The third-order valence-corrected chi connectivity index (χ3v) is 3.98. The van der Waals surface area contributed by atoms with Crippen molar-refractivity contribution in [1.29, 1.82) is 0 Å². The van der Waals surface area contributed by atoms with Gasteiger partial charge in [0, 0.05) is 26.7 Å². The molecule has 0 radical (unpaired) electrons. The van der Waals surface area contributed by atoms with Gasteiger partial charge in [0.25, 0.3) is 0 Å². The predicted molar refractivity (Wildman–Crippen MR) is 81.1 cm³/mol. The summed E-state index contributed by atoms with van der Waals surface area (Å²) in [6.07, 6.45) is 2.41. The number of piperidine rings is 1. The molecule has 0 spiro atoms. The number of hydrogen-bond donors (Lipinski definition) is 1. The lowest BCUT2D eigenvalue weighted by Crippen LogP contribution is -2.42. The number of carbonyl (C=O) groups excluding carboxylic acids is 1. The molecule has 1 fully saturated rings. The standard InChI is InChI=1S/C16H25N3O/c1-18(16(20)10-17)11-15-8-5-9-19(13-15)12-14-6-3-2-4-7-14/h2-4,6-7,15H,5,8-13,17H2,1H3/t15-/m0/s1. The zero-order valence-electron chi connectivity index (χ0n) is 12.3. The predicted octanol–water partition coefficient (Wildman–Crippen LogP) is 1.32. The lowest BCUT2D eigenvalue weighted by Gasteiger charge is -2.34. The summed E-state index contributed by atoms with van der Waals surface area (Å²) < 4.78 is 0. The van der Waals surface area contributed by atoms with E-state index in [0.29, 0.717) is 5.92 Å². The summed E-state index contributed by atoms with van der Waals surface area (Å²) >= 11 is 0. The quantitative estimate of drug-likeness (QED) is 0.881. The van der Waals surface area contributed by atoms with Gasteiger partial charge < -0.3 is 10.6 Å². The Balaban J connectivity index is 1.84. The van der Waals surface area contributed by atoms with Crippen molar-refractivity contribution in [1.82, 2.24) is 9.80 Å². The number of carbonyl (C=O) groups is 1. The number of nitrogens with zero attached hydrogens (tertiary/aromatic N) is 2.